The monoisotopic (exact) mass is 306 g/mol. The van der Waals surface area contributed by atoms with Crippen molar-refractivity contribution in [3.05, 3.63) is 29.8 Å². The van der Waals surface area contributed by atoms with Gasteiger partial charge in [0.05, 0.1) is 6.61 Å². The number of ether oxygens (including phenoxy) is 1. The second-order valence-electron chi connectivity index (χ2n) is 5.35. The molecule has 112 valence electrons. The summed E-state index contributed by atoms with van der Waals surface area (Å²) >= 11 is 5.32. The molecule has 1 aliphatic rings. The Morgan fingerprint density at radius 1 is 1.29 bits per heavy atom. The van der Waals surface area contributed by atoms with Crippen molar-refractivity contribution in [1.29, 1.82) is 0 Å². The molecule has 0 saturated carbocycles. The summed E-state index contributed by atoms with van der Waals surface area (Å²) in [5.41, 5.74) is 0.949. The molecule has 2 amide bonds. The molecular weight excluding hydrogens is 288 g/mol. The summed E-state index contributed by atoms with van der Waals surface area (Å²) in [4.78, 5) is 27.1. The fourth-order valence-electron chi connectivity index (χ4n) is 2.27. The van der Waals surface area contributed by atoms with Gasteiger partial charge in [-0.05, 0) is 52.0 Å². The molecule has 0 radical (unpaired) electrons. The maximum atomic E-state index is 12.5. The molecule has 5 nitrogen and oxygen atoms in total. The van der Waals surface area contributed by atoms with Gasteiger partial charge in [0, 0.05) is 5.69 Å². The minimum absolute atomic E-state index is 0.146. The van der Waals surface area contributed by atoms with Gasteiger partial charge in [0.2, 0.25) is 0 Å². The number of thiocarbonyl (C=S) groups is 1. The molecule has 1 fully saturated rings. The smallest absolute Gasteiger partial charge is 0.423 e. The Labute approximate surface area is 129 Å². The van der Waals surface area contributed by atoms with Crippen LogP contribution in [0.4, 0.5) is 10.5 Å². The molecule has 0 N–H and O–H groups in total. The van der Waals surface area contributed by atoms with Crippen LogP contribution in [0, 0.1) is 6.92 Å². The van der Waals surface area contributed by atoms with Crippen LogP contribution in [0.1, 0.15) is 26.3 Å². The fraction of sp³-hybridized carbons (Fsp3) is 0.400. The van der Waals surface area contributed by atoms with Crippen molar-refractivity contribution in [2.45, 2.75) is 33.2 Å². The maximum absolute atomic E-state index is 12.5. The van der Waals surface area contributed by atoms with Crippen molar-refractivity contribution in [2.24, 2.45) is 0 Å². The molecule has 0 atom stereocenters. The molecular formula is C15H18N2O3S. The van der Waals surface area contributed by atoms with Crippen LogP contribution in [0.2, 0.25) is 0 Å². The van der Waals surface area contributed by atoms with E-state index in [9.17, 15) is 9.59 Å². The van der Waals surface area contributed by atoms with Crippen LogP contribution in [-0.4, -0.2) is 34.2 Å². The van der Waals surface area contributed by atoms with Gasteiger partial charge in [-0.2, -0.15) is 4.90 Å². The van der Waals surface area contributed by atoms with Gasteiger partial charge >= 0.3 is 6.09 Å². The predicted molar refractivity (Wildman–Crippen MR) is 84.2 cm³/mol. The van der Waals surface area contributed by atoms with E-state index in [-0.39, 0.29) is 17.6 Å². The van der Waals surface area contributed by atoms with E-state index < -0.39 is 11.6 Å². The van der Waals surface area contributed by atoms with Crippen LogP contribution in [-0.2, 0) is 9.53 Å². The Kier molecular flexibility index (Phi) is 4.00. The zero-order valence-electron chi connectivity index (χ0n) is 12.5. The third-order valence-corrected chi connectivity index (χ3v) is 3.78. The number of benzene rings is 1. The molecule has 0 aliphatic carbocycles. The van der Waals surface area contributed by atoms with Gasteiger partial charge < -0.3 is 9.64 Å². The second kappa shape index (κ2) is 5.44. The van der Waals surface area contributed by atoms with E-state index in [1.807, 2.05) is 31.2 Å². The first-order valence-corrected chi connectivity index (χ1v) is 7.13. The molecule has 0 unspecified atom stereocenters. The summed E-state index contributed by atoms with van der Waals surface area (Å²) in [5.74, 6) is -0.383. The molecule has 1 saturated heterocycles. The number of hydrogen-bond acceptors (Lipinski definition) is 4. The average Bonchev–Trinajstić information content (AvgIpc) is 2.58. The number of nitrogens with zero attached hydrogens (tertiary/aromatic N) is 2. The van der Waals surface area contributed by atoms with E-state index in [4.69, 9.17) is 17.0 Å². The molecule has 21 heavy (non-hydrogen) atoms. The molecule has 0 spiro atoms. The number of aryl methyl sites for hydroxylation is 1. The zero-order valence-corrected chi connectivity index (χ0v) is 13.4. The predicted octanol–water partition coefficient (Wildman–Crippen LogP) is 2.86. The van der Waals surface area contributed by atoms with E-state index in [1.165, 1.54) is 0 Å². The topological polar surface area (TPSA) is 49.9 Å². The van der Waals surface area contributed by atoms with Gasteiger partial charge in [0.1, 0.15) is 5.54 Å². The number of carbonyl (C=O) groups is 2. The van der Waals surface area contributed by atoms with Crippen LogP contribution in [0.15, 0.2) is 24.3 Å². The Bertz CT molecular complexity index is 595. The molecule has 1 heterocycles. The molecule has 1 aliphatic heterocycles. The lowest BCUT2D eigenvalue weighted by molar-refractivity contribution is -0.128. The first-order valence-electron chi connectivity index (χ1n) is 6.73. The Hall–Kier alpha value is -1.95. The van der Waals surface area contributed by atoms with Crippen molar-refractivity contribution < 1.29 is 14.3 Å². The fourth-order valence-corrected chi connectivity index (χ4v) is 2.76. The molecule has 0 aromatic heterocycles. The van der Waals surface area contributed by atoms with Crippen LogP contribution >= 0.6 is 12.2 Å². The number of anilines is 1. The SMILES string of the molecule is CCOC(=O)N1C(=O)C(C)(C)N(c2ccc(C)cc2)C1=S. The third kappa shape index (κ3) is 2.51. The highest BCUT2D eigenvalue weighted by atomic mass is 32.1. The summed E-state index contributed by atoms with van der Waals surface area (Å²) in [7, 11) is 0. The summed E-state index contributed by atoms with van der Waals surface area (Å²) < 4.78 is 4.92. The van der Waals surface area contributed by atoms with Crippen molar-refractivity contribution in [2.75, 3.05) is 11.5 Å². The van der Waals surface area contributed by atoms with Crippen molar-refractivity contribution >= 4 is 35.0 Å². The maximum Gasteiger partial charge on any atom is 0.423 e. The summed E-state index contributed by atoms with van der Waals surface area (Å²) in [5, 5.41) is 0.146. The van der Waals surface area contributed by atoms with E-state index >= 15 is 0 Å². The van der Waals surface area contributed by atoms with Gasteiger partial charge in [0.25, 0.3) is 5.91 Å². The molecule has 6 heteroatoms. The Morgan fingerprint density at radius 2 is 1.86 bits per heavy atom. The molecule has 1 aromatic rings. The number of imide groups is 1. The minimum atomic E-state index is -0.931. The lowest BCUT2D eigenvalue weighted by Gasteiger charge is -2.29. The largest absolute Gasteiger partial charge is 0.449 e. The first-order chi connectivity index (χ1) is 9.80. The van der Waals surface area contributed by atoms with E-state index in [0.29, 0.717) is 0 Å². The van der Waals surface area contributed by atoms with E-state index in [2.05, 4.69) is 0 Å². The lowest BCUT2D eigenvalue weighted by atomic mass is 10.0. The summed E-state index contributed by atoms with van der Waals surface area (Å²) in [6.45, 7) is 7.33. The summed E-state index contributed by atoms with van der Waals surface area (Å²) in [6.07, 6.45) is -0.727. The number of rotatable bonds is 2. The minimum Gasteiger partial charge on any atom is -0.449 e. The standard InChI is InChI=1S/C15H18N2O3S/c1-5-20-14(19)16-12(18)15(3,4)17(13(16)21)11-8-6-10(2)7-9-11/h6-9H,5H2,1-4H3. The van der Waals surface area contributed by atoms with Gasteiger partial charge in [-0.1, -0.05) is 17.7 Å². The highest BCUT2D eigenvalue weighted by molar-refractivity contribution is 7.80. The van der Waals surface area contributed by atoms with E-state index in [1.54, 1.807) is 25.7 Å². The van der Waals surface area contributed by atoms with Gasteiger partial charge in [-0.25, -0.2) is 4.79 Å². The summed E-state index contributed by atoms with van der Waals surface area (Å²) in [6, 6.07) is 7.63. The third-order valence-electron chi connectivity index (χ3n) is 3.41. The number of amides is 2. The molecule has 0 bridgehead atoms. The van der Waals surface area contributed by atoms with Crippen molar-refractivity contribution in [3.63, 3.8) is 0 Å². The van der Waals surface area contributed by atoms with Crippen molar-refractivity contribution in [3.8, 4) is 0 Å². The normalized spacial score (nSPS) is 17.3. The van der Waals surface area contributed by atoms with Crippen LogP contribution in [0.25, 0.3) is 0 Å². The quantitative estimate of drug-likeness (QED) is 0.786. The Balaban J connectivity index is 2.42. The zero-order chi connectivity index (χ0) is 15.8. The molecule has 1 aromatic carbocycles. The highest BCUT2D eigenvalue weighted by Gasteiger charge is 2.52. The van der Waals surface area contributed by atoms with Gasteiger partial charge in [0.15, 0.2) is 5.11 Å². The van der Waals surface area contributed by atoms with Crippen LogP contribution < -0.4 is 4.90 Å². The lowest BCUT2D eigenvalue weighted by Crippen LogP contribution is -2.44. The van der Waals surface area contributed by atoms with Gasteiger partial charge in [-0.3, -0.25) is 4.79 Å². The first kappa shape index (κ1) is 15.4. The number of hydrogen-bond donors (Lipinski definition) is 0. The highest BCUT2D eigenvalue weighted by Crippen LogP contribution is 2.33. The number of carbonyl (C=O) groups excluding carboxylic acids is 2. The van der Waals surface area contributed by atoms with Crippen molar-refractivity contribution in [1.82, 2.24) is 4.90 Å². The average molecular weight is 306 g/mol. The van der Waals surface area contributed by atoms with Crippen LogP contribution in [0.3, 0.4) is 0 Å². The van der Waals surface area contributed by atoms with Gasteiger partial charge in [-0.15, -0.1) is 0 Å². The van der Waals surface area contributed by atoms with E-state index in [0.717, 1.165) is 16.2 Å². The second-order valence-corrected chi connectivity index (χ2v) is 5.72. The Morgan fingerprint density at radius 3 is 2.38 bits per heavy atom. The molecule has 2 rings (SSSR count). The van der Waals surface area contributed by atoms with Crippen LogP contribution in [0.5, 0.6) is 0 Å².